The third kappa shape index (κ3) is 3.75. The van der Waals surface area contributed by atoms with Crippen molar-refractivity contribution in [2.75, 3.05) is 11.4 Å². The lowest BCUT2D eigenvalue weighted by molar-refractivity contribution is -0.137. The summed E-state index contributed by atoms with van der Waals surface area (Å²) in [6.07, 6.45) is -1.90. The van der Waals surface area contributed by atoms with Crippen LogP contribution in [0, 0.1) is 6.07 Å². The van der Waals surface area contributed by atoms with E-state index in [0.29, 0.717) is 30.8 Å². The average molecular weight is 348 g/mol. The molecule has 7 heteroatoms. The highest BCUT2D eigenvalue weighted by Crippen LogP contribution is 2.36. The number of pyridine rings is 1. The standard InChI is InChI=1S/C18H17F3N3O/c19-18(20,21)14-5-3-4-12(10-14)13-7-9-24(15(11-13)17(22)25)16-6-1-2-8-23-16/h1,3-6,8,10,13,15H,7,9,11H2,(H2,22,25). The lowest BCUT2D eigenvalue weighted by Gasteiger charge is -2.38. The zero-order valence-corrected chi connectivity index (χ0v) is 13.3. The Morgan fingerprint density at radius 3 is 2.76 bits per heavy atom. The average Bonchev–Trinajstić information content (AvgIpc) is 2.61. The van der Waals surface area contributed by atoms with Gasteiger partial charge in [-0.1, -0.05) is 18.2 Å². The molecule has 4 nitrogen and oxygen atoms in total. The Bertz CT molecular complexity index is 749. The van der Waals surface area contributed by atoms with E-state index in [1.165, 1.54) is 12.3 Å². The third-order valence-corrected chi connectivity index (χ3v) is 4.51. The Kier molecular flexibility index (Phi) is 4.65. The van der Waals surface area contributed by atoms with Crippen LogP contribution in [-0.4, -0.2) is 23.5 Å². The molecule has 1 radical (unpaired) electrons. The molecule has 1 aliphatic rings. The van der Waals surface area contributed by atoms with Crippen LogP contribution >= 0.6 is 0 Å². The van der Waals surface area contributed by atoms with Crippen molar-refractivity contribution >= 4 is 11.7 Å². The van der Waals surface area contributed by atoms with Crippen LogP contribution in [0.3, 0.4) is 0 Å². The summed E-state index contributed by atoms with van der Waals surface area (Å²) >= 11 is 0. The molecule has 2 N–H and O–H groups in total. The van der Waals surface area contributed by atoms with Crippen molar-refractivity contribution in [2.45, 2.75) is 31.0 Å². The van der Waals surface area contributed by atoms with Crippen molar-refractivity contribution in [3.05, 3.63) is 59.8 Å². The highest BCUT2D eigenvalue weighted by atomic mass is 19.4. The molecule has 2 heterocycles. The molecule has 131 valence electrons. The molecule has 2 atom stereocenters. The molecule has 1 fully saturated rings. The van der Waals surface area contributed by atoms with Crippen molar-refractivity contribution < 1.29 is 18.0 Å². The predicted octanol–water partition coefficient (Wildman–Crippen LogP) is 3.14. The monoisotopic (exact) mass is 348 g/mol. The number of amides is 1. The number of hydrogen-bond acceptors (Lipinski definition) is 3. The van der Waals surface area contributed by atoms with Crippen molar-refractivity contribution in [3.8, 4) is 0 Å². The molecular formula is C18H17F3N3O. The zero-order valence-electron chi connectivity index (χ0n) is 13.3. The number of hydrogen-bond donors (Lipinski definition) is 1. The van der Waals surface area contributed by atoms with E-state index in [-0.39, 0.29) is 5.92 Å². The van der Waals surface area contributed by atoms with Gasteiger partial charge in [0.25, 0.3) is 0 Å². The van der Waals surface area contributed by atoms with Crippen LogP contribution in [0.5, 0.6) is 0 Å². The number of alkyl halides is 3. The second-order valence-electron chi connectivity index (χ2n) is 6.07. The smallest absolute Gasteiger partial charge is 0.368 e. The highest BCUT2D eigenvalue weighted by Gasteiger charge is 2.35. The second-order valence-corrected chi connectivity index (χ2v) is 6.07. The van der Waals surface area contributed by atoms with Crippen LogP contribution in [0.15, 0.2) is 42.6 Å². The number of primary amides is 1. The van der Waals surface area contributed by atoms with Crippen molar-refractivity contribution in [2.24, 2.45) is 5.73 Å². The Hall–Kier alpha value is -2.57. The third-order valence-electron chi connectivity index (χ3n) is 4.51. The minimum Gasteiger partial charge on any atom is -0.368 e. The first-order valence-electron chi connectivity index (χ1n) is 7.91. The van der Waals surface area contributed by atoms with E-state index < -0.39 is 23.7 Å². The normalized spacial score (nSPS) is 21.2. The fourth-order valence-corrected chi connectivity index (χ4v) is 3.26. The molecule has 1 saturated heterocycles. The topological polar surface area (TPSA) is 59.2 Å². The Labute approximate surface area is 143 Å². The molecule has 3 rings (SSSR count). The van der Waals surface area contributed by atoms with Gasteiger partial charge in [-0.3, -0.25) is 4.79 Å². The quantitative estimate of drug-likeness (QED) is 0.927. The summed E-state index contributed by atoms with van der Waals surface area (Å²) in [4.78, 5) is 17.9. The Balaban J connectivity index is 1.84. The van der Waals surface area contributed by atoms with Gasteiger partial charge in [-0.25, -0.2) is 4.98 Å². The van der Waals surface area contributed by atoms with Crippen LogP contribution in [0.1, 0.15) is 29.9 Å². The lowest BCUT2D eigenvalue weighted by Crippen LogP contribution is -2.50. The summed E-state index contributed by atoms with van der Waals surface area (Å²) in [5.74, 6) is -0.0531. The van der Waals surface area contributed by atoms with Gasteiger partial charge in [0.1, 0.15) is 11.9 Å². The summed E-state index contributed by atoms with van der Waals surface area (Å²) in [6.45, 7) is 0.492. The molecule has 0 saturated carbocycles. The summed E-state index contributed by atoms with van der Waals surface area (Å²) in [5, 5.41) is 0. The van der Waals surface area contributed by atoms with Gasteiger partial charge in [-0.2, -0.15) is 13.2 Å². The SMILES string of the molecule is NC(=O)C1CC(c2cccc(C(F)(F)F)c2)CCN1c1cc[c]cn1. The first kappa shape index (κ1) is 17.3. The van der Waals surface area contributed by atoms with Gasteiger partial charge in [0.2, 0.25) is 5.91 Å². The number of aromatic nitrogens is 1. The number of carbonyl (C=O) groups excluding carboxylic acids is 1. The van der Waals surface area contributed by atoms with Gasteiger partial charge in [-0.05, 0) is 42.5 Å². The van der Waals surface area contributed by atoms with Crippen LogP contribution in [0.4, 0.5) is 19.0 Å². The van der Waals surface area contributed by atoms with Gasteiger partial charge in [0.15, 0.2) is 0 Å². The number of nitrogens with two attached hydrogens (primary N) is 1. The maximum Gasteiger partial charge on any atom is 0.416 e. The van der Waals surface area contributed by atoms with E-state index >= 15 is 0 Å². The number of halogens is 3. The van der Waals surface area contributed by atoms with Gasteiger partial charge in [-0.15, -0.1) is 0 Å². The van der Waals surface area contributed by atoms with Crippen LogP contribution in [0.25, 0.3) is 0 Å². The molecule has 2 unspecified atom stereocenters. The molecule has 1 aromatic heterocycles. The predicted molar refractivity (Wildman–Crippen MR) is 86.8 cm³/mol. The maximum atomic E-state index is 12.9. The van der Waals surface area contributed by atoms with E-state index in [1.54, 1.807) is 23.1 Å². The summed E-state index contributed by atoms with van der Waals surface area (Å²) in [5.41, 5.74) is 5.44. The minimum atomic E-state index is -4.38. The largest absolute Gasteiger partial charge is 0.416 e. The maximum absolute atomic E-state index is 12.9. The van der Waals surface area contributed by atoms with Crippen LogP contribution < -0.4 is 10.6 Å². The van der Waals surface area contributed by atoms with Gasteiger partial charge in [0.05, 0.1) is 5.56 Å². The number of piperidine rings is 1. The molecule has 0 aliphatic carbocycles. The number of anilines is 1. The summed E-state index contributed by atoms with van der Waals surface area (Å²) < 4.78 is 38.8. The van der Waals surface area contributed by atoms with Gasteiger partial charge in [0, 0.05) is 18.8 Å². The highest BCUT2D eigenvalue weighted by molar-refractivity contribution is 5.83. The molecule has 0 spiro atoms. The van der Waals surface area contributed by atoms with E-state index in [1.807, 2.05) is 0 Å². The second kappa shape index (κ2) is 6.74. The van der Waals surface area contributed by atoms with E-state index in [4.69, 9.17) is 5.73 Å². The van der Waals surface area contributed by atoms with Crippen LogP contribution in [0.2, 0.25) is 0 Å². The molecule has 1 amide bonds. The zero-order chi connectivity index (χ0) is 18.0. The minimum absolute atomic E-state index is 0.161. The van der Waals surface area contributed by atoms with Crippen molar-refractivity contribution in [1.29, 1.82) is 0 Å². The molecule has 25 heavy (non-hydrogen) atoms. The van der Waals surface area contributed by atoms with Gasteiger partial charge >= 0.3 is 6.18 Å². The number of nitrogens with zero attached hydrogens (tertiary/aromatic N) is 2. The Morgan fingerprint density at radius 1 is 1.32 bits per heavy atom. The fourth-order valence-electron chi connectivity index (χ4n) is 3.26. The van der Waals surface area contributed by atoms with Crippen molar-refractivity contribution in [1.82, 2.24) is 4.98 Å². The van der Waals surface area contributed by atoms with Crippen molar-refractivity contribution in [3.63, 3.8) is 0 Å². The van der Waals surface area contributed by atoms with E-state index in [9.17, 15) is 18.0 Å². The molecule has 2 aromatic rings. The summed E-state index contributed by atoms with van der Waals surface area (Å²) in [7, 11) is 0. The molecule has 1 aliphatic heterocycles. The molecule has 0 bridgehead atoms. The number of benzene rings is 1. The van der Waals surface area contributed by atoms with E-state index in [2.05, 4.69) is 11.1 Å². The Morgan fingerprint density at radius 2 is 2.12 bits per heavy atom. The van der Waals surface area contributed by atoms with Gasteiger partial charge < -0.3 is 10.6 Å². The summed E-state index contributed by atoms with van der Waals surface area (Å²) in [6, 6.07) is 10.9. The number of rotatable bonds is 3. The first-order chi connectivity index (χ1) is 11.9. The molecular weight excluding hydrogens is 331 g/mol. The fraction of sp³-hybridized carbons (Fsp3) is 0.333. The number of carbonyl (C=O) groups is 1. The first-order valence-corrected chi connectivity index (χ1v) is 7.91. The molecule has 1 aromatic carbocycles. The van der Waals surface area contributed by atoms with E-state index in [0.717, 1.165) is 12.1 Å². The van der Waals surface area contributed by atoms with Crippen LogP contribution in [-0.2, 0) is 11.0 Å². The lowest BCUT2D eigenvalue weighted by atomic mass is 9.84.